The first-order chi connectivity index (χ1) is 16.5. The van der Waals surface area contributed by atoms with Crippen molar-refractivity contribution in [2.45, 2.75) is 51.0 Å². The first-order valence-corrected chi connectivity index (χ1v) is 13.2. The number of rotatable bonds is 7. The van der Waals surface area contributed by atoms with Gasteiger partial charge < -0.3 is 10.2 Å². The second-order valence-corrected chi connectivity index (χ2v) is 10.9. The normalized spacial score (nSPS) is 29.1. The number of imide groups is 1. The van der Waals surface area contributed by atoms with E-state index < -0.39 is 6.04 Å². The molecule has 1 unspecified atom stereocenters. The molecule has 2 heterocycles. The summed E-state index contributed by atoms with van der Waals surface area (Å²) in [6, 6.07) is 7.28. The van der Waals surface area contributed by atoms with Gasteiger partial charge in [0.15, 0.2) is 0 Å². The van der Waals surface area contributed by atoms with E-state index in [0.717, 1.165) is 55.8 Å². The molecule has 2 aliphatic heterocycles. The zero-order valence-electron chi connectivity index (χ0n) is 19.8. The van der Waals surface area contributed by atoms with Crippen molar-refractivity contribution >= 4 is 35.0 Å². The van der Waals surface area contributed by atoms with Gasteiger partial charge in [0, 0.05) is 62.8 Å². The Bertz CT molecular complexity index is 932. The summed E-state index contributed by atoms with van der Waals surface area (Å²) in [7, 11) is 0. The topological polar surface area (TPSA) is 73.0 Å². The van der Waals surface area contributed by atoms with Gasteiger partial charge in [0.1, 0.15) is 6.04 Å². The Morgan fingerprint density at radius 2 is 1.88 bits per heavy atom. The quantitative estimate of drug-likeness (QED) is 0.641. The lowest BCUT2D eigenvalue weighted by Gasteiger charge is -2.36. The van der Waals surface area contributed by atoms with Crippen LogP contribution in [0.1, 0.15) is 44.9 Å². The van der Waals surface area contributed by atoms with E-state index in [9.17, 15) is 14.4 Å². The number of fused-ring (bicyclic) bond motifs is 2. The van der Waals surface area contributed by atoms with Crippen LogP contribution in [0.3, 0.4) is 0 Å². The van der Waals surface area contributed by atoms with E-state index in [0.29, 0.717) is 31.2 Å². The molecule has 2 aliphatic carbocycles. The Balaban J connectivity index is 1.06. The Kier molecular flexibility index (Phi) is 7.11. The van der Waals surface area contributed by atoms with Gasteiger partial charge in [0.2, 0.25) is 17.7 Å². The predicted octanol–water partition coefficient (Wildman–Crippen LogP) is 2.92. The number of anilines is 1. The van der Waals surface area contributed by atoms with Gasteiger partial charge in [0.05, 0.1) is 0 Å². The molecule has 2 saturated heterocycles. The van der Waals surface area contributed by atoms with E-state index in [-0.39, 0.29) is 24.1 Å². The molecule has 0 radical (unpaired) electrons. The first-order valence-electron chi connectivity index (χ1n) is 12.8. The largest absolute Gasteiger partial charge is 0.369 e. The molecule has 184 valence electrons. The monoisotopic (exact) mass is 486 g/mol. The van der Waals surface area contributed by atoms with Crippen LogP contribution in [0.5, 0.6) is 0 Å². The third kappa shape index (κ3) is 5.10. The maximum Gasteiger partial charge on any atom is 0.243 e. The highest BCUT2D eigenvalue weighted by atomic mass is 35.5. The summed E-state index contributed by atoms with van der Waals surface area (Å²) in [4.78, 5) is 44.3. The van der Waals surface area contributed by atoms with Crippen molar-refractivity contribution in [3.05, 3.63) is 29.3 Å². The highest BCUT2D eigenvalue weighted by Crippen LogP contribution is 2.49. The molecule has 2 bridgehead atoms. The molecule has 4 aliphatic rings. The summed E-state index contributed by atoms with van der Waals surface area (Å²) in [6.07, 6.45) is 6.00. The molecule has 5 rings (SSSR count). The Morgan fingerprint density at radius 3 is 2.59 bits per heavy atom. The van der Waals surface area contributed by atoms with Crippen molar-refractivity contribution in [1.82, 2.24) is 15.1 Å². The summed E-state index contributed by atoms with van der Waals surface area (Å²) < 4.78 is 0. The van der Waals surface area contributed by atoms with Crippen molar-refractivity contribution in [3.63, 3.8) is 0 Å². The van der Waals surface area contributed by atoms with E-state index in [1.165, 1.54) is 24.2 Å². The van der Waals surface area contributed by atoms with Crippen LogP contribution in [0, 0.1) is 17.8 Å². The lowest BCUT2D eigenvalue weighted by molar-refractivity contribution is -0.148. The summed E-state index contributed by atoms with van der Waals surface area (Å²) in [5.41, 5.74) is 1.14. The third-order valence-electron chi connectivity index (χ3n) is 8.38. The van der Waals surface area contributed by atoms with E-state index in [4.69, 9.17) is 11.6 Å². The van der Waals surface area contributed by atoms with E-state index in [2.05, 4.69) is 21.2 Å². The first kappa shape index (κ1) is 23.6. The number of likely N-dealkylation sites (tertiary alicyclic amines) is 1. The molecule has 8 heteroatoms. The zero-order valence-corrected chi connectivity index (χ0v) is 20.5. The molecule has 7 nitrogen and oxygen atoms in total. The maximum absolute atomic E-state index is 13.0. The lowest BCUT2D eigenvalue weighted by Crippen LogP contribution is -2.51. The van der Waals surface area contributed by atoms with Gasteiger partial charge in [0.25, 0.3) is 0 Å². The molecular weight excluding hydrogens is 452 g/mol. The number of amides is 3. The minimum atomic E-state index is -0.640. The third-order valence-corrected chi connectivity index (χ3v) is 8.61. The number of carbonyl (C=O) groups excluding carboxylic acids is 3. The molecule has 1 aromatic rings. The van der Waals surface area contributed by atoms with Crippen LogP contribution < -0.4 is 10.2 Å². The fourth-order valence-corrected chi connectivity index (χ4v) is 6.74. The van der Waals surface area contributed by atoms with Crippen LogP contribution >= 0.6 is 11.6 Å². The highest BCUT2D eigenvalue weighted by Gasteiger charge is 2.44. The molecule has 3 amide bonds. The molecule has 4 atom stereocenters. The minimum absolute atomic E-state index is 0.141. The molecule has 1 aromatic carbocycles. The minimum Gasteiger partial charge on any atom is -0.369 e. The standard InChI is InChI=1S/C26H35ClN4O3/c27-21-2-1-3-22(17-21)30-12-10-29(11-13-30)9-8-28-26(34)23-6-7-24(32)31(23)25(33)16-20-15-18-4-5-19(20)14-18/h1-3,17-20,23H,4-16H2,(H,28,34)/t18-,19+,20?,23-/m0/s1. The Hall–Kier alpha value is -2.12. The average molecular weight is 487 g/mol. The van der Waals surface area contributed by atoms with Crippen LogP contribution in [0.15, 0.2) is 24.3 Å². The SMILES string of the molecule is O=C(NCCN1CCN(c2cccc(Cl)c2)CC1)[C@@H]1CCC(=O)N1C(=O)CC1C[C@H]2CC[C@@H]1C2. The van der Waals surface area contributed by atoms with Crippen molar-refractivity contribution in [3.8, 4) is 0 Å². The molecule has 0 aromatic heterocycles. The van der Waals surface area contributed by atoms with Crippen molar-refractivity contribution in [2.75, 3.05) is 44.2 Å². The van der Waals surface area contributed by atoms with Gasteiger partial charge in [-0.1, -0.05) is 24.1 Å². The van der Waals surface area contributed by atoms with Crippen LogP contribution in [-0.2, 0) is 14.4 Å². The molecule has 2 saturated carbocycles. The average Bonchev–Trinajstić information content (AvgIpc) is 3.55. The zero-order chi connectivity index (χ0) is 23.7. The van der Waals surface area contributed by atoms with Gasteiger partial charge >= 0.3 is 0 Å². The smallest absolute Gasteiger partial charge is 0.243 e. The summed E-state index contributed by atoms with van der Waals surface area (Å²) in [5, 5.41) is 3.74. The fourth-order valence-electron chi connectivity index (χ4n) is 6.55. The summed E-state index contributed by atoms with van der Waals surface area (Å²) in [6.45, 7) is 4.94. The van der Waals surface area contributed by atoms with Crippen LogP contribution in [0.25, 0.3) is 0 Å². The number of hydrogen-bond donors (Lipinski definition) is 1. The number of nitrogens with one attached hydrogen (secondary N) is 1. The number of hydrogen-bond acceptors (Lipinski definition) is 5. The van der Waals surface area contributed by atoms with Gasteiger partial charge in [-0.15, -0.1) is 0 Å². The van der Waals surface area contributed by atoms with Crippen LogP contribution in [0.2, 0.25) is 5.02 Å². The van der Waals surface area contributed by atoms with Crippen LogP contribution in [0.4, 0.5) is 5.69 Å². The van der Waals surface area contributed by atoms with Crippen molar-refractivity contribution in [2.24, 2.45) is 17.8 Å². The second kappa shape index (κ2) is 10.2. The fraction of sp³-hybridized carbons (Fsp3) is 0.654. The predicted molar refractivity (Wildman–Crippen MR) is 132 cm³/mol. The van der Waals surface area contributed by atoms with Gasteiger partial charge in [-0.05, 0) is 61.6 Å². The Labute approximate surface area is 206 Å². The summed E-state index contributed by atoms with van der Waals surface area (Å²) in [5.74, 6) is 1.28. The summed E-state index contributed by atoms with van der Waals surface area (Å²) >= 11 is 6.12. The number of nitrogens with zero attached hydrogens (tertiary/aromatic N) is 3. The van der Waals surface area contributed by atoms with E-state index in [1.54, 1.807) is 0 Å². The maximum atomic E-state index is 13.0. The number of benzene rings is 1. The number of piperazine rings is 1. The molecule has 4 fully saturated rings. The second-order valence-electron chi connectivity index (χ2n) is 10.5. The molecule has 0 spiro atoms. The van der Waals surface area contributed by atoms with Crippen LogP contribution in [-0.4, -0.2) is 72.8 Å². The highest BCUT2D eigenvalue weighted by molar-refractivity contribution is 6.30. The van der Waals surface area contributed by atoms with Crippen molar-refractivity contribution in [1.29, 1.82) is 0 Å². The molecular formula is C26H35ClN4O3. The Morgan fingerprint density at radius 1 is 1.06 bits per heavy atom. The number of carbonyl (C=O) groups is 3. The number of halogens is 1. The van der Waals surface area contributed by atoms with E-state index >= 15 is 0 Å². The van der Waals surface area contributed by atoms with Gasteiger partial charge in [-0.2, -0.15) is 0 Å². The van der Waals surface area contributed by atoms with E-state index in [1.807, 2.05) is 18.2 Å². The van der Waals surface area contributed by atoms with Gasteiger partial charge in [-0.25, -0.2) is 0 Å². The molecule has 34 heavy (non-hydrogen) atoms. The van der Waals surface area contributed by atoms with Crippen molar-refractivity contribution < 1.29 is 14.4 Å². The molecule has 1 N–H and O–H groups in total. The van der Waals surface area contributed by atoms with Gasteiger partial charge in [-0.3, -0.25) is 24.2 Å². The lowest BCUT2D eigenvalue weighted by atomic mass is 9.86.